The fraction of sp³-hybridized carbons (Fsp3) is 0.217. The maximum absolute atomic E-state index is 12.9. The Balaban J connectivity index is 1.79. The van der Waals surface area contributed by atoms with Crippen molar-refractivity contribution in [3.05, 3.63) is 95.6 Å². The van der Waals surface area contributed by atoms with E-state index < -0.39 is 16.1 Å². The van der Waals surface area contributed by atoms with E-state index in [4.69, 9.17) is 4.74 Å². The number of sulfonamides is 1. The zero-order valence-corrected chi connectivity index (χ0v) is 17.1. The van der Waals surface area contributed by atoms with Crippen LogP contribution in [-0.4, -0.2) is 26.2 Å². The van der Waals surface area contributed by atoms with Gasteiger partial charge in [-0.25, -0.2) is 13.1 Å². The summed E-state index contributed by atoms with van der Waals surface area (Å²) in [4.78, 5) is 0.219. The third kappa shape index (κ3) is 5.90. The van der Waals surface area contributed by atoms with Crippen molar-refractivity contribution in [1.82, 2.24) is 4.72 Å². The Labute approximate surface area is 172 Å². The van der Waals surface area contributed by atoms with Gasteiger partial charge in [0, 0.05) is 5.56 Å². The zero-order valence-electron chi connectivity index (χ0n) is 16.3. The van der Waals surface area contributed by atoms with Crippen LogP contribution in [0.4, 0.5) is 0 Å². The molecule has 0 radical (unpaired) electrons. The summed E-state index contributed by atoms with van der Waals surface area (Å²) in [5.74, 6) is 0.544. The Morgan fingerprint density at radius 1 is 0.931 bits per heavy atom. The van der Waals surface area contributed by atoms with E-state index >= 15 is 0 Å². The lowest BCUT2D eigenvalue weighted by Crippen LogP contribution is -2.40. The molecule has 3 aromatic carbocycles. The van der Waals surface area contributed by atoms with Crippen molar-refractivity contribution in [3.8, 4) is 5.75 Å². The first kappa shape index (κ1) is 21.0. The van der Waals surface area contributed by atoms with Crippen molar-refractivity contribution < 1.29 is 18.3 Å². The van der Waals surface area contributed by atoms with E-state index in [1.807, 2.05) is 49.4 Å². The highest BCUT2D eigenvalue weighted by Crippen LogP contribution is 2.19. The average molecular weight is 412 g/mol. The number of ether oxygens (including phenoxy) is 1. The van der Waals surface area contributed by atoms with Crippen molar-refractivity contribution >= 4 is 10.0 Å². The van der Waals surface area contributed by atoms with Crippen LogP contribution in [0.25, 0.3) is 0 Å². The van der Waals surface area contributed by atoms with E-state index in [9.17, 15) is 13.5 Å². The van der Waals surface area contributed by atoms with Crippen LogP contribution >= 0.6 is 0 Å². The van der Waals surface area contributed by atoms with Crippen molar-refractivity contribution in [1.29, 1.82) is 0 Å². The number of aryl methyl sites for hydroxylation is 1. The van der Waals surface area contributed by atoms with Crippen LogP contribution in [0.3, 0.4) is 0 Å². The number of hydrogen-bond acceptors (Lipinski definition) is 4. The molecule has 0 bridgehead atoms. The second-order valence-electron chi connectivity index (χ2n) is 6.90. The van der Waals surface area contributed by atoms with E-state index in [1.54, 1.807) is 36.4 Å². The molecule has 3 rings (SSSR count). The van der Waals surface area contributed by atoms with E-state index in [0.717, 1.165) is 11.1 Å². The van der Waals surface area contributed by atoms with Crippen LogP contribution in [-0.2, 0) is 23.1 Å². The Morgan fingerprint density at radius 3 is 2.28 bits per heavy atom. The van der Waals surface area contributed by atoms with E-state index in [0.29, 0.717) is 17.7 Å². The van der Waals surface area contributed by atoms with Gasteiger partial charge >= 0.3 is 0 Å². The first-order valence-corrected chi connectivity index (χ1v) is 10.9. The van der Waals surface area contributed by atoms with Gasteiger partial charge in [0.2, 0.25) is 10.0 Å². The summed E-state index contributed by atoms with van der Waals surface area (Å²) >= 11 is 0. The summed E-state index contributed by atoms with van der Waals surface area (Å²) in [5.41, 5.74) is 2.66. The number of rotatable bonds is 9. The lowest BCUT2D eigenvalue weighted by Gasteiger charge is -2.20. The van der Waals surface area contributed by atoms with Crippen molar-refractivity contribution in [2.45, 2.75) is 30.9 Å². The predicted octanol–water partition coefficient (Wildman–Crippen LogP) is 3.46. The summed E-state index contributed by atoms with van der Waals surface area (Å²) < 4.78 is 34.4. The Kier molecular flexibility index (Phi) is 7.04. The molecular weight excluding hydrogens is 386 g/mol. The summed E-state index contributed by atoms with van der Waals surface area (Å²) in [5, 5.41) is 9.48. The van der Waals surface area contributed by atoms with Gasteiger partial charge in [0.1, 0.15) is 12.4 Å². The van der Waals surface area contributed by atoms with E-state index in [2.05, 4.69) is 4.72 Å². The van der Waals surface area contributed by atoms with Crippen molar-refractivity contribution in [3.63, 3.8) is 0 Å². The summed E-state index contributed by atoms with van der Waals surface area (Å²) in [6, 6.07) is 23.1. The molecule has 0 unspecified atom stereocenters. The number of aliphatic hydroxyl groups is 1. The molecular formula is C23H25NO4S. The largest absolute Gasteiger partial charge is 0.492 e. The third-order valence-corrected chi connectivity index (χ3v) is 6.10. The van der Waals surface area contributed by atoms with Gasteiger partial charge in [0.15, 0.2) is 0 Å². The molecule has 0 aromatic heterocycles. The Morgan fingerprint density at radius 2 is 1.59 bits per heavy atom. The zero-order chi connectivity index (χ0) is 20.7. The molecule has 0 amide bonds. The average Bonchev–Trinajstić information content (AvgIpc) is 2.73. The second-order valence-corrected chi connectivity index (χ2v) is 8.61. The number of hydrogen-bond donors (Lipinski definition) is 2. The van der Waals surface area contributed by atoms with Gasteiger partial charge < -0.3 is 9.84 Å². The molecule has 1 atom stereocenters. The lowest BCUT2D eigenvalue weighted by atomic mass is 10.1. The van der Waals surface area contributed by atoms with Crippen LogP contribution in [0.1, 0.15) is 16.7 Å². The van der Waals surface area contributed by atoms with Crippen LogP contribution in [0.2, 0.25) is 0 Å². The number of aliphatic hydroxyl groups excluding tert-OH is 1. The van der Waals surface area contributed by atoms with Crippen molar-refractivity contribution in [2.24, 2.45) is 0 Å². The fourth-order valence-corrected chi connectivity index (χ4v) is 4.22. The maximum atomic E-state index is 12.9. The summed E-state index contributed by atoms with van der Waals surface area (Å²) in [6.07, 6.45) is 0.479. The predicted molar refractivity (Wildman–Crippen MR) is 113 cm³/mol. The second kappa shape index (κ2) is 9.69. The highest BCUT2D eigenvalue weighted by atomic mass is 32.2. The molecule has 0 fully saturated rings. The lowest BCUT2D eigenvalue weighted by molar-refractivity contribution is 0.250. The summed E-state index contributed by atoms with van der Waals surface area (Å²) in [7, 11) is -3.70. The molecule has 152 valence electrons. The summed E-state index contributed by atoms with van der Waals surface area (Å²) in [6.45, 7) is 1.90. The molecule has 0 spiro atoms. The van der Waals surface area contributed by atoms with Gasteiger partial charge in [-0.1, -0.05) is 66.2 Å². The molecule has 29 heavy (non-hydrogen) atoms. The highest BCUT2D eigenvalue weighted by molar-refractivity contribution is 7.89. The minimum absolute atomic E-state index is 0.136. The molecule has 6 heteroatoms. The first-order chi connectivity index (χ1) is 14.0. The molecule has 0 heterocycles. The van der Waals surface area contributed by atoms with Crippen molar-refractivity contribution in [2.75, 3.05) is 6.61 Å². The Bertz CT molecular complexity index is 1020. The molecule has 0 saturated carbocycles. The molecule has 2 N–H and O–H groups in total. The normalized spacial score (nSPS) is 12.5. The van der Waals surface area contributed by atoms with E-state index in [1.165, 1.54) is 0 Å². The molecule has 0 saturated heterocycles. The molecule has 3 aromatic rings. The topological polar surface area (TPSA) is 75.6 Å². The van der Waals surface area contributed by atoms with Gasteiger partial charge in [-0.05, 0) is 37.1 Å². The molecule has 0 aliphatic rings. The van der Waals surface area contributed by atoms with Crippen LogP contribution < -0.4 is 9.46 Å². The number of benzene rings is 3. The Hall–Kier alpha value is -2.67. The SMILES string of the molecule is Cc1ccc(S(=O)(=O)N[C@H](COc2ccccc2CO)Cc2ccccc2)cc1. The van der Waals surface area contributed by atoms with Crippen LogP contribution in [0.15, 0.2) is 83.8 Å². The van der Waals surface area contributed by atoms with Gasteiger partial charge in [0.05, 0.1) is 17.5 Å². The molecule has 5 nitrogen and oxygen atoms in total. The third-order valence-electron chi connectivity index (χ3n) is 4.56. The maximum Gasteiger partial charge on any atom is 0.240 e. The molecule has 0 aliphatic carbocycles. The standard InChI is InChI=1S/C23H25NO4S/c1-18-11-13-22(14-12-18)29(26,27)24-21(15-19-7-3-2-4-8-19)17-28-23-10-6-5-9-20(23)16-25/h2-14,21,24-25H,15-17H2,1H3/t21-/m0/s1. The minimum Gasteiger partial charge on any atom is -0.492 e. The van der Waals surface area contributed by atoms with Crippen LogP contribution in [0, 0.1) is 6.92 Å². The van der Waals surface area contributed by atoms with E-state index in [-0.39, 0.29) is 18.1 Å². The van der Waals surface area contributed by atoms with Crippen LogP contribution in [0.5, 0.6) is 5.75 Å². The quantitative estimate of drug-likeness (QED) is 0.565. The first-order valence-electron chi connectivity index (χ1n) is 9.42. The van der Waals surface area contributed by atoms with Gasteiger partial charge in [-0.15, -0.1) is 0 Å². The fourth-order valence-electron chi connectivity index (χ4n) is 3.00. The monoisotopic (exact) mass is 411 g/mol. The minimum atomic E-state index is -3.70. The molecule has 0 aliphatic heterocycles. The highest BCUT2D eigenvalue weighted by Gasteiger charge is 2.21. The van der Waals surface area contributed by atoms with Gasteiger partial charge in [-0.2, -0.15) is 0 Å². The van der Waals surface area contributed by atoms with Gasteiger partial charge in [-0.3, -0.25) is 0 Å². The smallest absolute Gasteiger partial charge is 0.240 e. The number of nitrogens with one attached hydrogen (secondary N) is 1. The number of para-hydroxylation sites is 1. The van der Waals surface area contributed by atoms with Gasteiger partial charge in [0.25, 0.3) is 0 Å².